The molecule has 0 aliphatic heterocycles. The number of hydrogen-bond donors (Lipinski definition) is 8. The van der Waals surface area contributed by atoms with Gasteiger partial charge in [-0.1, -0.05) is 74.6 Å². The molecule has 4 atom stereocenters. The topological polar surface area (TPSA) is 221 Å². The first-order valence-electron chi connectivity index (χ1n) is 19.1. The molecule has 1 aliphatic carbocycles. The van der Waals surface area contributed by atoms with Crippen LogP contribution in [0.1, 0.15) is 68.9 Å². The number of aromatic hydroxyl groups is 1. The van der Waals surface area contributed by atoms with E-state index in [-0.39, 0.29) is 50.7 Å². The minimum atomic E-state index is -1.18. The van der Waals surface area contributed by atoms with Crippen molar-refractivity contribution >= 4 is 40.3 Å². The van der Waals surface area contributed by atoms with Crippen LogP contribution in [0.15, 0.2) is 79.1 Å². The lowest BCUT2D eigenvalue weighted by molar-refractivity contribution is -0.132. The first kappa shape index (κ1) is 40.9. The van der Waals surface area contributed by atoms with E-state index in [0.29, 0.717) is 22.3 Å². The van der Waals surface area contributed by atoms with Crippen molar-refractivity contribution in [3.05, 3.63) is 90.3 Å². The Morgan fingerprint density at radius 1 is 0.818 bits per heavy atom. The molecule has 1 aliphatic rings. The van der Waals surface area contributed by atoms with Gasteiger partial charge in [0.05, 0.1) is 42.2 Å². The number of benzene rings is 3. The van der Waals surface area contributed by atoms with E-state index in [4.69, 9.17) is 10.5 Å². The van der Waals surface area contributed by atoms with Crippen LogP contribution in [0.4, 0.5) is 5.69 Å². The van der Waals surface area contributed by atoms with Crippen LogP contribution in [0.3, 0.4) is 0 Å². The number of primary amides is 1. The molecule has 1 fully saturated rings. The van der Waals surface area contributed by atoms with E-state index in [1.54, 1.807) is 30.3 Å². The van der Waals surface area contributed by atoms with Gasteiger partial charge in [-0.05, 0) is 67.1 Å². The third-order valence-electron chi connectivity index (χ3n) is 9.78. The van der Waals surface area contributed by atoms with Gasteiger partial charge in [0.15, 0.2) is 0 Å². The van der Waals surface area contributed by atoms with E-state index in [0.717, 1.165) is 31.2 Å². The fraction of sp³-hybridized carbons (Fsp3) is 0.439. The summed E-state index contributed by atoms with van der Waals surface area (Å²) in [7, 11) is 0. The normalized spacial score (nSPS) is 15.9. The molecule has 0 spiro atoms. The van der Waals surface area contributed by atoms with Crippen LogP contribution < -0.4 is 27.0 Å². The van der Waals surface area contributed by atoms with Gasteiger partial charge in [-0.2, -0.15) is 0 Å². The average molecular weight is 756 g/mol. The number of H-pyrrole nitrogens is 1. The zero-order chi connectivity index (χ0) is 39.0. The molecule has 5 rings (SSSR count). The molecule has 3 aromatic carbocycles. The van der Waals surface area contributed by atoms with Crippen molar-refractivity contribution in [2.75, 3.05) is 18.5 Å². The third-order valence-corrected chi connectivity index (χ3v) is 9.78. The summed E-state index contributed by atoms with van der Waals surface area (Å²) in [5.74, 6) is -2.35. The van der Waals surface area contributed by atoms with E-state index in [1.165, 1.54) is 37.7 Å². The summed E-state index contributed by atoms with van der Waals surface area (Å²) in [5.41, 5.74) is 8.78. The first-order valence-corrected chi connectivity index (χ1v) is 19.1. The van der Waals surface area contributed by atoms with Crippen LogP contribution in [0.5, 0.6) is 5.75 Å². The van der Waals surface area contributed by atoms with Crippen molar-refractivity contribution in [1.82, 2.24) is 25.9 Å². The Balaban J connectivity index is 1.30. The van der Waals surface area contributed by atoms with Gasteiger partial charge in [0.25, 0.3) is 0 Å². The summed E-state index contributed by atoms with van der Waals surface area (Å²) >= 11 is 0. The highest BCUT2D eigenvalue weighted by atomic mass is 16.5. The lowest BCUT2D eigenvalue weighted by Gasteiger charge is -2.26. The number of carbonyl (C=O) groups excluding carboxylic acids is 4. The lowest BCUT2D eigenvalue weighted by atomic mass is 9.98. The number of phenolic OH excluding ortho intramolecular Hbond substituents is 1. The number of nitrogens with zero attached hydrogens (tertiary/aromatic N) is 1. The van der Waals surface area contributed by atoms with Gasteiger partial charge in [-0.15, -0.1) is 0 Å². The number of rotatable bonds is 19. The number of anilines is 1. The number of ether oxygens (including phenoxy) is 1. The molecular formula is C41H53N7O7. The van der Waals surface area contributed by atoms with E-state index >= 15 is 0 Å². The molecule has 4 unspecified atom stereocenters. The van der Waals surface area contributed by atoms with E-state index in [2.05, 4.69) is 31.2 Å². The molecule has 55 heavy (non-hydrogen) atoms. The second kappa shape index (κ2) is 21.0. The Labute approximate surface area is 321 Å². The molecule has 0 bridgehead atoms. The van der Waals surface area contributed by atoms with Crippen molar-refractivity contribution in [1.29, 1.82) is 0 Å². The zero-order valence-corrected chi connectivity index (χ0v) is 31.0. The Morgan fingerprint density at radius 3 is 2.20 bits per heavy atom. The predicted molar refractivity (Wildman–Crippen MR) is 209 cm³/mol. The summed E-state index contributed by atoms with van der Waals surface area (Å²) in [6, 6.07) is 17.5. The fourth-order valence-corrected chi connectivity index (χ4v) is 6.70. The number of aromatic amines is 1. The average Bonchev–Trinajstić information content (AvgIpc) is 3.63. The number of nitrogens with one attached hydrogen (secondary N) is 5. The second-order valence-corrected chi connectivity index (χ2v) is 14.2. The minimum Gasteiger partial charge on any atom is -0.508 e. The SMILES string of the molecule is NC(=O)CCC(NC(=O)C(Cc1ccc(O)cc1)NC(=O)C(Cc1ccccc1)NCC(O)COC1CCCCCCC1)C(=O)Nc1ccc2nc[nH]c2c1. The Morgan fingerprint density at radius 2 is 1.47 bits per heavy atom. The second-order valence-electron chi connectivity index (χ2n) is 14.2. The molecule has 9 N–H and O–H groups in total. The molecule has 4 amide bonds. The van der Waals surface area contributed by atoms with Gasteiger partial charge < -0.3 is 46.9 Å². The number of nitrogens with two attached hydrogens (primary N) is 1. The summed E-state index contributed by atoms with van der Waals surface area (Å²) in [6.07, 6.45) is 8.57. The molecule has 14 nitrogen and oxygen atoms in total. The summed E-state index contributed by atoms with van der Waals surface area (Å²) < 4.78 is 6.08. The van der Waals surface area contributed by atoms with Crippen molar-refractivity contribution < 1.29 is 34.1 Å². The van der Waals surface area contributed by atoms with Crippen molar-refractivity contribution in [2.24, 2.45) is 5.73 Å². The first-order chi connectivity index (χ1) is 26.6. The van der Waals surface area contributed by atoms with Gasteiger partial charge in [0, 0.05) is 25.1 Å². The molecule has 294 valence electrons. The molecule has 1 aromatic heterocycles. The highest BCUT2D eigenvalue weighted by Crippen LogP contribution is 2.20. The number of aliphatic hydroxyl groups is 1. The largest absolute Gasteiger partial charge is 0.508 e. The maximum absolute atomic E-state index is 14.1. The number of carbonyl (C=O) groups is 4. The van der Waals surface area contributed by atoms with Gasteiger partial charge in [-0.3, -0.25) is 19.2 Å². The van der Waals surface area contributed by atoms with Gasteiger partial charge in [0.1, 0.15) is 17.8 Å². The number of fused-ring (bicyclic) bond motifs is 1. The van der Waals surface area contributed by atoms with Gasteiger partial charge >= 0.3 is 0 Å². The Bertz CT molecular complexity index is 1830. The molecule has 0 saturated heterocycles. The van der Waals surface area contributed by atoms with E-state index in [9.17, 15) is 29.4 Å². The lowest BCUT2D eigenvalue weighted by Crippen LogP contribution is -2.57. The number of imidazole rings is 1. The zero-order valence-electron chi connectivity index (χ0n) is 31.0. The fourth-order valence-electron chi connectivity index (χ4n) is 6.70. The molecule has 1 saturated carbocycles. The quantitative estimate of drug-likeness (QED) is 0.0702. The molecule has 1 heterocycles. The van der Waals surface area contributed by atoms with Crippen LogP contribution in [0, 0.1) is 0 Å². The maximum Gasteiger partial charge on any atom is 0.246 e. The summed E-state index contributed by atoms with van der Waals surface area (Å²) in [4.78, 5) is 60.7. The minimum absolute atomic E-state index is 0.0222. The highest BCUT2D eigenvalue weighted by molar-refractivity contribution is 6.00. The van der Waals surface area contributed by atoms with Crippen LogP contribution in [-0.4, -0.2) is 87.3 Å². The number of aliphatic hydroxyl groups excluding tert-OH is 1. The number of aromatic nitrogens is 2. The monoisotopic (exact) mass is 755 g/mol. The van der Waals surface area contributed by atoms with Gasteiger partial charge in [-0.25, -0.2) is 4.98 Å². The third kappa shape index (κ3) is 13.5. The Hall–Kier alpha value is -5.31. The van der Waals surface area contributed by atoms with Crippen molar-refractivity contribution in [3.8, 4) is 5.75 Å². The number of hydrogen-bond acceptors (Lipinski definition) is 9. The molecule has 14 heteroatoms. The van der Waals surface area contributed by atoms with Crippen LogP contribution >= 0.6 is 0 Å². The van der Waals surface area contributed by atoms with Crippen molar-refractivity contribution in [3.63, 3.8) is 0 Å². The summed E-state index contributed by atoms with van der Waals surface area (Å²) in [6.45, 7) is 0.208. The van der Waals surface area contributed by atoms with Crippen LogP contribution in [0.2, 0.25) is 0 Å². The predicted octanol–water partition coefficient (Wildman–Crippen LogP) is 3.38. The number of amides is 4. The number of phenols is 1. The van der Waals surface area contributed by atoms with Crippen LogP contribution in [0.25, 0.3) is 11.0 Å². The van der Waals surface area contributed by atoms with E-state index < -0.39 is 47.9 Å². The van der Waals surface area contributed by atoms with Crippen molar-refractivity contribution in [2.45, 2.75) is 101 Å². The molecular weight excluding hydrogens is 702 g/mol. The highest BCUT2D eigenvalue weighted by Gasteiger charge is 2.30. The summed E-state index contributed by atoms with van der Waals surface area (Å²) in [5, 5.41) is 32.4. The van der Waals surface area contributed by atoms with E-state index in [1.807, 2.05) is 30.3 Å². The van der Waals surface area contributed by atoms with Crippen LogP contribution in [-0.2, 0) is 36.8 Å². The Kier molecular flexibility index (Phi) is 15.6. The molecule has 0 radical (unpaired) electrons. The van der Waals surface area contributed by atoms with Gasteiger partial charge in [0.2, 0.25) is 23.6 Å². The standard InChI is InChI=1S/C41H53N7O7/c42-38(51)20-19-34(39(52)46-29-15-18-33-35(23-29)45-26-44-33)47-41(54)37(22-28-13-16-30(49)17-14-28)48-40(53)36(21-27-9-5-4-6-10-27)43-24-31(50)25-55-32-11-7-2-1-3-8-12-32/h4-6,9-10,13-18,23,26,31-32,34,36-37,43,49-50H,1-3,7-8,11-12,19-22,24-25H2,(H2,42,51)(H,44,45)(H,46,52)(H,47,54)(H,48,53). The molecule has 4 aromatic rings. The maximum atomic E-state index is 14.1. The smallest absolute Gasteiger partial charge is 0.246 e.